The van der Waals surface area contributed by atoms with Gasteiger partial charge in [0, 0.05) is 7.11 Å². The van der Waals surface area contributed by atoms with E-state index in [0.29, 0.717) is 5.89 Å². The molecule has 0 spiro atoms. The molecule has 0 atom stereocenters. The van der Waals surface area contributed by atoms with Gasteiger partial charge in [0.2, 0.25) is 5.89 Å². The van der Waals surface area contributed by atoms with E-state index >= 15 is 0 Å². The lowest BCUT2D eigenvalue weighted by atomic mass is 10.3. The Kier molecular flexibility index (Phi) is 3.02. The van der Waals surface area contributed by atoms with E-state index in [1.165, 1.54) is 18.4 Å². The van der Waals surface area contributed by atoms with Crippen molar-refractivity contribution in [2.75, 3.05) is 7.11 Å². The molecule has 2 rings (SSSR count). The highest BCUT2D eigenvalue weighted by molar-refractivity contribution is 7.13. The van der Waals surface area contributed by atoms with Gasteiger partial charge in [-0.15, -0.1) is 11.3 Å². The average Bonchev–Trinajstić information content (AvgIpc) is 2.83. The Morgan fingerprint density at radius 1 is 1.69 bits per heavy atom. The van der Waals surface area contributed by atoms with E-state index in [9.17, 15) is 4.79 Å². The molecule has 2 aromatic rings. The minimum Gasteiger partial charge on any atom is -0.476 e. The number of methoxy groups -OCH3 is 1. The Bertz CT molecular complexity index is 489. The molecular weight excluding hydrogens is 230 g/mol. The van der Waals surface area contributed by atoms with Gasteiger partial charge in [-0.1, -0.05) is 6.07 Å². The summed E-state index contributed by atoms with van der Waals surface area (Å²) in [7, 11) is 1.47. The summed E-state index contributed by atoms with van der Waals surface area (Å²) in [6.45, 7) is 0.0972. The minimum absolute atomic E-state index is 0.0924. The van der Waals surface area contributed by atoms with Crippen molar-refractivity contribution in [2.45, 2.75) is 6.61 Å². The van der Waals surface area contributed by atoms with Crippen molar-refractivity contribution >= 4 is 17.3 Å². The topological polar surface area (TPSA) is 72.6 Å². The first kappa shape index (κ1) is 10.8. The van der Waals surface area contributed by atoms with Gasteiger partial charge >= 0.3 is 5.97 Å². The molecule has 6 heteroatoms. The number of carboxylic acid groups (broad SMARTS) is 1. The number of rotatable bonds is 4. The highest BCUT2D eigenvalue weighted by Gasteiger charge is 2.20. The fraction of sp³-hybridized carbons (Fsp3) is 0.200. The summed E-state index contributed by atoms with van der Waals surface area (Å²) in [5.74, 6) is -0.559. The number of thiophene rings is 1. The van der Waals surface area contributed by atoms with Crippen LogP contribution in [-0.2, 0) is 11.3 Å². The van der Waals surface area contributed by atoms with Crippen LogP contribution in [0.25, 0.3) is 10.8 Å². The van der Waals surface area contributed by atoms with Gasteiger partial charge in [0.05, 0.1) is 4.88 Å². The molecule has 0 radical (unpaired) electrons. The second-order valence-corrected chi connectivity index (χ2v) is 3.95. The van der Waals surface area contributed by atoms with Crippen molar-refractivity contribution in [1.82, 2.24) is 4.98 Å². The summed E-state index contributed by atoms with van der Waals surface area (Å²) in [4.78, 5) is 15.6. The Labute approximate surface area is 95.3 Å². The molecule has 1 N–H and O–H groups in total. The second-order valence-electron chi connectivity index (χ2n) is 3.01. The number of aromatic carboxylic acids is 1. The molecule has 2 heterocycles. The third kappa shape index (κ3) is 1.98. The zero-order valence-electron chi connectivity index (χ0n) is 8.47. The van der Waals surface area contributed by atoms with Gasteiger partial charge in [-0.25, -0.2) is 9.78 Å². The third-order valence-electron chi connectivity index (χ3n) is 1.91. The number of carbonyl (C=O) groups is 1. The van der Waals surface area contributed by atoms with Gasteiger partial charge in [0.15, 0.2) is 11.5 Å². The van der Waals surface area contributed by atoms with Crippen molar-refractivity contribution < 1.29 is 19.1 Å². The Morgan fingerprint density at radius 2 is 2.50 bits per heavy atom. The molecule has 84 valence electrons. The van der Waals surface area contributed by atoms with Crippen molar-refractivity contribution in [3.05, 3.63) is 29.0 Å². The van der Waals surface area contributed by atoms with Crippen LogP contribution in [0, 0.1) is 0 Å². The maximum Gasteiger partial charge on any atom is 0.358 e. The van der Waals surface area contributed by atoms with Gasteiger partial charge in [-0.2, -0.15) is 0 Å². The SMILES string of the molecule is COCc1oc(-c2cccs2)nc1C(=O)O. The van der Waals surface area contributed by atoms with Crippen LogP contribution in [0.1, 0.15) is 16.2 Å². The van der Waals surface area contributed by atoms with E-state index < -0.39 is 5.97 Å². The molecule has 0 bridgehead atoms. The van der Waals surface area contributed by atoms with Gasteiger partial charge in [0.1, 0.15) is 6.61 Å². The largest absolute Gasteiger partial charge is 0.476 e. The zero-order valence-corrected chi connectivity index (χ0v) is 9.28. The lowest BCUT2D eigenvalue weighted by Gasteiger charge is -1.93. The summed E-state index contributed by atoms with van der Waals surface area (Å²) in [6.07, 6.45) is 0. The number of ether oxygens (including phenoxy) is 1. The second kappa shape index (κ2) is 4.46. The molecule has 0 aliphatic rings. The molecule has 0 amide bonds. The van der Waals surface area contributed by atoms with E-state index in [1.54, 1.807) is 0 Å². The molecule has 2 aromatic heterocycles. The van der Waals surface area contributed by atoms with Crippen LogP contribution < -0.4 is 0 Å². The molecule has 0 saturated carbocycles. The lowest BCUT2D eigenvalue weighted by Crippen LogP contribution is -2.01. The minimum atomic E-state index is -1.11. The van der Waals surface area contributed by atoms with E-state index in [-0.39, 0.29) is 18.1 Å². The molecule has 0 aromatic carbocycles. The maximum atomic E-state index is 10.9. The van der Waals surface area contributed by atoms with Crippen LogP contribution in [0.2, 0.25) is 0 Å². The lowest BCUT2D eigenvalue weighted by molar-refractivity contribution is 0.0682. The van der Waals surface area contributed by atoms with Crippen LogP contribution in [0.4, 0.5) is 0 Å². The fourth-order valence-corrected chi connectivity index (χ4v) is 1.90. The summed E-state index contributed by atoms with van der Waals surface area (Å²) in [6, 6.07) is 3.67. The first-order valence-electron chi connectivity index (χ1n) is 4.48. The first-order valence-corrected chi connectivity index (χ1v) is 5.36. The summed E-state index contributed by atoms with van der Waals surface area (Å²) >= 11 is 1.44. The molecule has 0 aliphatic carbocycles. The highest BCUT2D eigenvalue weighted by Crippen LogP contribution is 2.26. The third-order valence-corrected chi connectivity index (χ3v) is 2.77. The molecule has 0 fully saturated rings. The Hall–Kier alpha value is -1.66. The Morgan fingerprint density at radius 3 is 3.06 bits per heavy atom. The zero-order chi connectivity index (χ0) is 11.5. The summed E-state index contributed by atoms with van der Waals surface area (Å²) in [5.41, 5.74) is -0.0924. The quantitative estimate of drug-likeness (QED) is 0.885. The number of oxazole rings is 1. The monoisotopic (exact) mass is 239 g/mol. The fourth-order valence-electron chi connectivity index (χ4n) is 1.25. The maximum absolute atomic E-state index is 10.9. The van der Waals surface area contributed by atoms with Crippen molar-refractivity contribution in [2.24, 2.45) is 0 Å². The van der Waals surface area contributed by atoms with Crippen molar-refractivity contribution in [3.63, 3.8) is 0 Å². The Balaban J connectivity index is 2.42. The van der Waals surface area contributed by atoms with Crippen LogP contribution >= 0.6 is 11.3 Å². The van der Waals surface area contributed by atoms with Gasteiger partial charge < -0.3 is 14.3 Å². The predicted octanol–water partition coefficient (Wildman–Crippen LogP) is 2.25. The van der Waals surface area contributed by atoms with E-state index in [1.807, 2.05) is 17.5 Å². The first-order chi connectivity index (χ1) is 7.72. The normalized spacial score (nSPS) is 10.6. The smallest absolute Gasteiger partial charge is 0.358 e. The molecule has 0 unspecified atom stereocenters. The number of nitrogens with zero attached hydrogens (tertiary/aromatic N) is 1. The van der Waals surface area contributed by atoms with Crippen LogP contribution in [-0.4, -0.2) is 23.2 Å². The van der Waals surface area contributed by atoms with E-state index in [0.717, 1.165) is 4.88 Å². The average molecular weight is 239 g/mol. The van der Waals surface area contributed by atoms with E-state index in [4.69, 9.17) is 14.3 Å². The summed E-state index contributed by atoms with van der Waals surface area (Å²) in [5, 5.41) is 10.8. The van der Waals surface area contributed by atoms with Crippen LogP contribution in [0.5, 0.6) is 0 Å². The van der Waals surface area contributed by atoms with Crippen LogP contribution in [0.3, 0.4) is 0 Å². The van der Waals surface area contributed by atoms with Gasteiger partial charge in [-0.3, -0.25) is 0 Å². The number of carboxylic acids is 1. The van der Waals surface area contributed by atoms with Crippen molar-refractivity contribution in [1.29, 1.82) is 0 Å². The molecule has 0 saturated heterocycles. The number of hydrogen-bond acceptors (Lipinski definition) is 5. The molecular formula is C10H9NO4S. The van der Waals surface area contributed by atoms with Crippen LogP contribution in [0.15, 0.2) is 21.9 Å². The van der Waals surface area contributed by atoms with E-state index in [2.05, 4.69) is 4.98 Å². The predicted molar refractivity (Wildman–Crippen MR) is 57.5 cm³/mol. The number of aromatic nitrogens is 1. The van der Waals surface area contributed by atoms with Gasteiger partial charge in [0.25, 0.3) is 0 Å². The highest BCUT2D eigenvalue weighted by atomic mass is 32.1. The molecule has 5 nitrogen and oxygen atoms in total. The number of hydrogen-bond donors (Lipinski definition) is 1. The standard InChI is InChI=1S/C10H9NO4S/c1-14-5-6-8(10(12)13)11-9(15-6)7-3-2-4-16-7/h2-4H,5H2,1H3,(H,12,13). The van der Waals surface area contributed by atoms with Gasteiger partial charge in [-0.05, 0) is 11.4 Å². The molecule has 16 heavy (non-hydrogen) atoms. The van der Waals surface area contributed by atoms with Crippen molar-refractivity contribution in [3.8, 4) is 10.8 Å². The summed E-state index contributed by atoms with van der Waals surface area (Å²) < 4.78 is 10.2. The molecule has 0 aliphatic heterocycles.